The highest BCUT2D eigenvalue weighted by atomic mass is 19.1. The number of aromatic nitrogens is 2. The molecular formula is C18H20F2N4O. The molecule has 0 aliphatic carbocycles. The van der Waals surface area contributed by atoms with Crippen LogP contribution in [-0.2, 0) is 11.3 Å². The number of nitrogens with zero attached hydrogens (tertiary/aromatic N) is 4. The fourth-order valence-corrected chi connectivity index (χ4v) is 3.01. The molecule has 2 aromatic rings. The Morgan fingerprint density at radius 2 is 1.84 bits per heavy atom. The van der Waals surface area contributed by atoms with E-state index in [-0.39, 0.29) is 17.2 Å². The molecule has 2 heterocycles. The van der Waals surface area contributed by atoms with Gasteiger partial charge in [0.15, 0.2) is 0 Å². The van der Waals surface area contributed by atoms with E-state index in [1.165, 1.54) is 6.07 Å². The van der Waals surface area contributed by atoms with Gasteiger partial charge in [0, 0.05) is 50.9 Å². The fraction of sp³-hybridized carbons (Fsp3) is 0.389. The van der Waals surface area contributed by atoms with Crippen molar-refractivity contribution in [1.82, 2.24) is 19.8 Å². The van der Waals surface area contributed by atoms with Crippen LogP contribution in [0.4, 0.5) is 8.78 Å². The predicted molar refractivity (Wildman–Crippen MR) is 89.7 cm³/mol. The van der Waals surface area contributed by atoms with Crippen molar-refractivity contribution in [3.63, 3.8) is 0 Å². The summed E-state index contributed by atoms with van der Waals surface area (Å²) in [5.74, 6) is -0.347. The number of hydrogen-bond acceptors (Lipinski definition) is 4. The van der Waals surface area contributed by atoms with Crippen LogP contribution in [0.25, 0.3) is 11.3 Å². The third-order valence-electron chi connectivity index (χ3n) is 4.36. The molecule has 132 valence electrons. The Morgan fingerprint density at radius 1 is 1.12 bits per heavy atom. The van der Waals surface area contributed by atoms with Crippen molar-refractivity contribution in [3.05, 3.63) is 47.4 Å². The number of halogens is 2. The largest absolute Gasteiger partial charge is 0.340 e. The van der Waals surface area contributed by atoms with Gasteiger partial charge in [-0.1, -0.05) is 6.07 Å². The quantitative estimate of drug-likeness (QED) is 0.801. The second kappa shape index (κ2) is 7.23. The average Bonchev–Trinajstić information content (AvgIpc) is 2.54. The molecule has 1 amide bonds. The van der Waals surface area contributed by atoms with Gasteiger partial charge in [-0.3, -0.25) is 9.69 Å². The summed E-state index contributed by atoms with van der Waals surface area (Å²) in [6.45, 7) is 6.73. The number of carbonyl (C=O) groups excluding carboxylic acids is 1. The molecule has 1 fully saturated rings. The maximum Gasteiger partial charge on any atom is 0.309 e. The number of piperazine rings is 1. The van der Waals surface area contributed by atoms with Crippen LogP contribution in [0.5, 0.6) is 0 Å². The molecule has 0 spiro atoms. The summed E-state index contributed by atoms with van der Waals surface area (Å²) in [4.78, 5) is 22.6. The molecule has 0 bridgehead atoms. The van der Waals surface area contributed by atoms with Crippen LogP contribution < -0.4 is 0 Å². The molecule has 25 heavy (non-hydrogen) atoms. The molecule has 0 N–H and O–H groups in total. The molecule has 5 nitrogen and oxygen atoms in total. The summed E-state index contributed by atoms with van der Waals surface area (Å²) < 4.78 is 27.8. The Balaban J connectivity index is 1.71. The molecule has 0 unspecified atom stereocenters. The monoisotopic (exact) mass is 346 g/mol. The van der Waals surface area contributed by atoms with Gasteiger partial charge in [0.2, 0.25) is 5.91 Å². The van der Waals surface area contributed by atoms with E-state index in [0.29, 0.717) is 25.3 Å². The number of carbonyl (C=O) groups is 1. The van der Waals surface area contributed by atoms with E-state index in [1.807, 2.05) is 11.0 Å². The topological polar surface area (TPSA) is 49.3 Å². The molecule has 1 aromatic carbocycles. The minimum absolute atomic E-state index is 0.0856. The van der Waals surface area contributed by atoms with E-state index >= 15 is 0 Å². The summed E-state index contributed by atoms with van der Waals surface area (Å²) in [5, 5.41) is 0. The van der Waals surface area contributed by atoms with Crippen molar-refractivity contribution >= 4 is 5.91 Å². The summed E-state index contributed by atoms with van der Waals surface area (Å²) in [5.41, 5.74) is 1.79. The molecule has 1 saturated heterocycles. The first-order valence-corrected chi connectivity index (χ1v) is 8.20. The summed E-state index contributed by atoms with van der Waals surface area (Å²) in [6, 6.07) is 6.47. The minimum atomic E-state index is -0.859. The van der Waals surface area contributed by atoms with Crippen molar-refractivity contribution in [2.45, 2.75) is 20.4 Å². The van der Waals surface area contributed by atoms with Gasteiger partial charge in [-0.25, -0.2) is 14.4 Å². The summed E-state index contributed by atoms with van der Waals surface area (Å²) in [7, 11) is 0. The molecule has 1 aliphatic heterocycles. The van der Waals surface area contributed by atoms with Gasteiger partial charge < -0.3 is 4.90 Å². The lowest BCUT2D eigenvalue weighted by atomic mass is 10.1. The number of hydrogen-bond donors (Lipinski definition) is 0. The van der Waals surface area contributed by atoms with E-state index in [0.717, 1.165) is 18.7 Å². The van der Waals surface area contributed by atoms with Crippen molar-refractivity contribution in [2.24, 2.45) is 0 Å². The third kappa shape index (κ3) is 4.17. The zero-order chi connectivity index (χ0) is 18.0. The first-order valence-electron chi connectivity index (χ1n) is 8.20. The highest BCUT2D eigenvalue weighted by Gasteiger charge is 2.19. The van der Waals surface area contributed by atoms with Crippen LogP contribution in [-0.4, -0.2) is 51.9 Å². The highest BCUT2D eigenvalue weighted by Crippen LogP contribution is 2.23. The number of amides is 1. The van der Waals surface area contributed by atoms with E-state index in [4.69, 9.17) is 0 Å². The van der Waals surface area contributed by atoms with Gasteiger partial charge in [0.05, 0.1) is 5.69 Å². The van der Waals surface area contributed by atoms with Crippen molar-refractivity contribution in [1.29, 1.82) is 0 Å². The lowest BCUT2D eigenvalue weighted by Gasteiger charge is -2.34. The molecule has 1 aliphatic rings. The Hall–Kier alpha value is -2.41. The van der Waals surface area contributed by atoms with E-state index < -0.39 is 11.9 Å². The van der Waals surface area contributed by atoms with Crippen molar-refractivity contribution in [3.8, 4) is 11.3 Å². The Labute approximate surface area is 145 Å². The smallest absolute Gasteiger partial charge is 0.309 e. The normalized spacial score (nSPS) is 15.4. The van der Waals surface area contributed by atoms with Gasteiger partial charge in [-0.15, -0.1) is 0 Å². The Morgan fingerprint density at radius 3 is 2.44 bits per heavy atom. The van der Waals surface area contributed by atoms with Gasteiger partial charge in [0.1, 0.15) is 5.82 Å². The SMILES string of the molecule is CC(=O)N1CCN(Cc2ccc(-c3cc(C)nc(F)n3)c(F)c2)CC1. The van der Waals surface area contributed by atoms with Gasteiger partial charge in [-0.2, -0.15) is 4.39 Å². The first-order chi connectivity index (χ1) is 11.9. The van der Waals surface area contributed by atoms with Gasteiger partial charge in [-0.05, 0) is 30.7 Å². The maximum absolute atomic E-state index is 14.5. The predicted octanol–water partition coefficient (Wildman–Crippen LogP) is 2.39. The van der Waals surface area contributed by atoms with E-state index in [1.54, 1.807) is 26.0 Å². The second-order valence-corrected chi connectivity index (χ2v) is 6.26. The fourth-order valence-electron chi connectivity index (χ4n) is 3.01. The van der Waals surface area contributed by atoms with Crippen LogP contribution in [0.1, 0.15) is 18.2 Å². The molecule has 0 atom stereocenters. The standard InChI is InChI=1S/C18H20F2N4O/c1-12-9-17(22-18(20)21-12)15-4-3-14(10-16(15)19)11-23-5-7-24(8-6-23)13(2)25/h3-4,9-10H,5-8,11H2,1-2H3. The van der Waals surface area contributed by atoms with Crippen LogP contribution >= 0.6 is 0 Å². The van der Waals surface area contributed by atoms with Crippen LogP contribution in [0.2, 0.25) is 0 Å². The summed E-state index contributed by atoms with van der Waals surface area (Å²) >= 11 is 0. The van der Waals surface area contributed by atoms with Crippen molar-refractivity contribution in [2.75, 3.05) is 26.2 Å². The second-order valence-electron chi connectivity index (χ2n) is 6.26. The molecule has 0 radical (unpaired) electrons. The highest BCUT2D eigenvalue weighted by molar-refractivity contribution is 5.73. The zero-order valence-electron chi connectivity index (χ0n) is 14.3. The Kier molecular flexibility index (Phi) is 5.03. The van der Waals surface area contributed by atoms with Gasteiger partial charge in [0.25, 0.3) is 0 Å². The van der Waals surface area contributed by atoms with E-state index in [2.05, 4.69) is 14.9 Å². The van der Waals surface area contributed by atoms with Crippen LogP contribution in [0.3, 0.4) is 0 Å². The van der Waals surface area contributed by atoms with Crippen molar-refractivity contribution < 1.29 is 13.6 Å². The Bertz CT molecular complexity index is 768. The molecule has 1 aromatic heterocycles. The lowest BCUT2D eigenvalue weighted by molar-refractivity contribution is -0.130. The molecule has 3 rings (SSSR count). The lowest BCUT2D eigenvalue weighted by Crippen LogP contribution is -2.47. The van der Waals surface area contributed by atoms with Crippen LogP contribution in [0.15, 0.2) is 24.3 Å². The average molecular weight is 346 g/mol. The van der Waals surface area contributed by atoms with E-state index in [9.17, 15) is 13.6 Å². The number of benzene rings is 1. The third-order valence-corrected chi connectivity index (χ3v) is 4.36. The van der Waals surface area contributed by atoms with Crippen LogP contribution in [0, 0.1) is 18.8 Å². The van der Waals surface area contributed by atoms with Gasteiger partial charge >= 0.3 is 6.08 Å². The minimum Gasteiger partial charge on any atom is -0.340 e. The maximum atomic E-state index is 14.5. The number of aryl methyl sites for hydroxylation is 1. The molecule has 0 saturated carbocycles. The molecular weight excluding hydrogens is 326 g/mol. The summed E-state index contributed by atoms with van der Waals surface area (Å²) in [6.07, 6.45) is -0.859. The first kappa shape index (κ1) is 17.4. The molecule has 7 heteroatoms. The number of rotatable bonds is 3. The zero-order valence-corrected chi connectivity index (χ0v) is 14.3.